The number of esters is 1. The zero-order valence-electron chi connectivity index (χ0n) is 21.4. The second-order valence-electron chi connectivity index (χ2n) is 7.97. The summed E-state index contributed by atoms with van der Waals surface area (Å²) in [7, 11) is 0. The summed E-state index contributed by atoms with van der Waals surface area (Å²) in [6.45, 7) is 7.51. The second-order valence-corrected chi connectivity index (χ2v) is 7.97. The Morgan fingerprint density at radius 2 is 1.35 bits per heavy atom. The van der Waals surface area contributed by atoms with Gasteiger partial charge >= 0.3 is 5.97 Å². The topological polar surface area (TPSA) is 95.5 Å². The molecule has 0 saturated heterocycles. The number of ether oxygens (including phenoxy) is 4. The molecule has 0 fully saturated rings. The van der Waals surface area contributed by atoms with Gasteiger partial charge in [-0.3, -0.25) is 4.79 Å². The molecule has 0 radical (unpaired) electrons. The van der Waals surface area contributed by atoms with E-state index in [1.165, 1.54) is 6.21 Å². The van der Waals surface area contributed by atoms with Crippen molar-refractivity contribution in [2.45, 2.75) is 33.6 Å². The number of nitrogens with one attached hydrogen (secondary N) is 1. The lowest BCUT2D eigenvalue weighted by atomic mass is 10.2. The SMILES string of the molecule is CCCOc1ccc(C(=O)NN=Cc2ccc(OC(=O)c3ccc(OCCC)cc3)c(OCC)c2)cc1. The van der Waals surface area contributed by atoms with Gasteiger partial charge in [0.25, 0.3) is 5.91 Å². The Balaban J connectivity index is 1.62. The molecule has 0 aliphatic rings. The van der Waals surface area contributed by atoms with Gasteiger partial charge in [0.05, 0.1) is 31.6 Å². The Morgan fingerprint density at radius 1 is 0.757 bits per heavy atom. The molecule has 0 heterocycles. The van der Waals surface area contributed by atoms with Crippen LogP contribution in [-0.2, 0) is 0 Å². The van der Waals surface area contributed by atoms with Crippen molar-refractivity contribution >= 4 is 18.1 Å². The predicted molar refractivity (Wildman–Crippen MR) is 142 cm³/mol. The Morgan fingerprint density at radius 3 is 1.92 bits per heavy atom. The van der Waals surface area contributed by atoms with Gasteiger partial charge in [-0.1, -0.05) is 13.8 Å². The van der Waals surface area contributed by atoms with Crippen molar-refractivity contribution in [1.82, 2.24) is 5.43 Å². The first kappa shape index (κ1) is 27.3. The third-order valence-electron chi connectivity index (χ3n) is 5.00. The summed E-state index contributed by atoms with van der Waals surface area (Å²) in [4.78, 5) is 25.0. The van der Waals surface area contributed by atoms with Crippen LogP contribution < -0.4 is 24.4 Å². The average molecular weight is 505 g/mol. The van der Waals surface area contributed by atoms with Crippen LogP contribution in [-0.4, -0.2) is 37.9 Å². The number of hydrogen-bond donors (Lipinski definition) is 1. The number of hydrogen-bond acceptors (Lipinski definition) is 7. The van der Waals surface area contributed by atoms with Gasteiger partial charge in [-0.15, -0.1) is 0 Å². The summed E-state index contributed by atoms with van der Waals surface area (Å²) in [6, 6.07) is 18.7. The molecule has 0 bridgehead atoms. The average Bonchev–Trinajstić information content (AvgIpc) is 2.92. The van der Waals surface area contributed by atoms with E-state index in [9.17, 15) is 9.59 Å². The highest BCUT2D eigenvalue weighted by atomic mass is 16.6. The molecule has 1 amide bonds. The Bertz CT molecular complexity index is 1190. The van der Waals surface area contributed by atoms with Crippen LogP contribution >= 0.6 is 0 Å². The number of nitrogens with zero attached hydrogens (tertiary/aromatic N) is 1. The predicted octanol–water partition coefficient (Wildman–Crippen LogP) is 5.65. The minimum Gasteiger partial charge on any atom is -0.494 e. The van der Waals surface area contributed by atoms with Crippen molar-refractivity contribution in [1.29, 1.82) is 0 Å². The molecule has 3 aromatic rings. The lowest BCUT2D eigenvalue weighted by Gasteiger charge is -2.12. The largest absolute Gasteiger partial charge is 0.494 e. The minimum absolute atomic E-state index is 0.282. The first-order valence-electron chi connectivity index (χ1n) is 12.3. The number of hydrazone groups is 1. The molecule has 3 rings (SSSR count). The summed E-state index contributed by atoms with van der Waals surface area (Å²) >= 11 is 0. The second kappa shape index (κ2) is 14.3. The number of carbonyl (C=O) groups excluding carboxylic acids is 2. The summed E-state index contributed by atoms with van der Waals surface area (Å²) < 4.78 is 22.3. The zero-order chi connectivity index (χ0) is 26.5. The fraction of sp³-hybridized carbons (Fsp3) is 0.276. The van der Waals surface area contributed by atoms with Crippen molar-refractivity contribution < 1.29 is 28.5 Å². The van der Waals surface area contributed by atoms with Crippen molar-refractivity contribution in [2.75, 3.05) is 19.8 Å². The maximum atomic E-state index is 12.6. The van der Waals surface area contributed by atoms with Crippen LogP contribution in [0.4, 0.5) is 0 Å². The molecule has 0 aliphatic carbocycles. The van der Waals surface area contributed by atoms with Gasteiger partial charge in [0.1, 0.15) is 11.5 Å². The molecule has 0 atom stereocenters. The van der Waals surface area contributed by atoms with E-state index in [1.54, 1.807) is 66.7 Å². The van der Waals surface area contributed by atoms with Gasteiger partial charge in [0.15, 0.2) is 11.5 Å². The van der Waals surface area contributed by atoms with E-state index < -0.39 is 5.97 Å². The Labute approximate surface area is 217 Å². The van der Waals surface area contributed by atoms with E-state index in [1.807, 2.05) is 20.8 Å². The van der Waals surface area contributed by atoms with Gasteiger partial charge in [-0.2, -0.15) is 5.10 Å². The van der Waals surface area contributed by atoms with Crippen LogP contribution in [0.2, 0.25) is 0 Å². The zero-order valence-corrected chi connectivity index (χ0v) is 21.4. The molecule has 0 unspecified atom stereocenters. The van der Waals surface area contributed by atoms with Gasteiger partial charge in [0, 0.05) is 5.56 Å². The summed E-state index contributed by atoms with van der Waals surface area (Å²) in [5.74, 6) is 1.22. The molecule has 8 nitrogen and oxygen atoms in total. The Hall–Kier alpha value is -4.33. The molecule has 37 heavy (non-hydrogen) atoms. The van der Waals surface area contributed by atoms with Gasteiger partial charge in [-0.25, -0.2) is 10.2 Å². The molecular weight excluding hydrogens is 472 g/mol. The van der Waals surface area contributed by atoms with E-state index in [4.69, 9.17) is 18.9 Å². The highest BCUT2D eigenvalue weighted by Crippen LogP contribution is 2.29. The molecule has 194 valence electrons. The first-order valence-corrected chi connectivity index (χ1v) is 12.3. The molecule has 8 heteroatoms. The van der Waals surface area contributed by atoms with Crippen LogP contribution in [0.1, 0.15) is 59.9 Å². The van der Waals surface area contributed by atoms with E-state index in [0.29, 0.717) is 53.8 Å². The van der Waals surface area contributed by atoms with Crippen molar-refractivity contribution in [2.24, 2.45) is 5.10 Å². The summed E-state index contributed by atoms with van der Waals surface area (Å²) in [5.41, 5.74) is 4.01. The third-order valence-corrected chi connectivity index (χ3v) is 5.00. The number of rotatable bonds is 13. The quantitative estimate of drug-likeness (QED) is 0.140. The van der Waals surface area contributed by atoms with Crippen LogP contribution in [0.5, 0.6) is 23.0 Å². The van der Waals surface area contributed by atoms with Crippen LogP contribution in [0.3, 0.4) is 0 Å². The first-order chi connectivity index (χ1) is 18.0. The maximum Gasteiger partial charge on any atom is 0.343 e. The maximum absolute atomic E-state index is 12.6. The van der Waals surface area contributed by atoms with Crippen LogP contribution in [0.25, 0.3) is 0 Å². The van der Waals surface area contributed by atoms with Crippen LogP contribution in [0, 0.1) is 0 Å². The Kier molecular flexibility index (Phi) is 10.5. The minimum atomic E-state index is -0.511. The van der Waals surface area contributed by atoms with Crippen molar-refractivity contribution in [3.05, 3.63) is 83.4 Å². The normalized spacial score (nSPS) is 10.7. The monoisotopic (exact) mass is 504 g/mol. The number of amides is 1. The van der Waals surface area contributed by atoms with E-state index in [2.05, 4.69) is 10.5 Å². The van der Waals surface area contributed by atoms with Gasteiger partial charge < -0.3 is 18.9 Å². The van der Waals surface area contributed by atoms with E-state index >= 15 is 0 Å². The molecule has 1 N–H and O–H groups in total. The standard InChI is InChI=1S/C29H32N2O6/c1-4-17-35-24-12-8-22(9-13-24)28(32)31-30-20-21-7-16-26(27(19-21)34-6-3)37-29(33)23-10-14-25(15-11-23)36-18-5-2/h7-16,19-20H,4-6,17-18H2,1-3H3,(H,31,32). The molecular formula is C29H32N2O6. The molecule has 3 aromatic carbocycles. The highest BCUT2D eigenvalue weighted by molar-refractivity contribution is 5.95. The molecule has 0 spiro atoms. The van der Waals surface area contributed by atoms with Gasteiger partial charge in [0.2, 0.25) is 0 Å². The van der Waals surface area contributed by atoms with Crippen molar-refractivity contribution in [3.8, 4) is 23.0 Å². The van der Waals surface area contributed by atoms with E-state index in [-0.39, 0.29) is 11.7 Å². The lowest BCUT2D eigenvalue weighted by Crippen LogP contribution is -2.17. The molecule has 0 aromatic heterocycles. The fourth-order valence-corrected chi connectivity index (χ4v) is 3.18. The van der Waals surface area contributed by atoms with Gasteiger partial charge in [-0.05, 0) is 92.1 Å². The van der Waals surface area contributed by atoms with Crippen LogP contribution in [0.15, 0.2) is 71.8 Å². The fourth-order valence-electron chi connectivity index (χ4n) is 3.18. The van der Waals surface area contributed by atoms with Crippen molar-refractivity contribution in [3.63, 3.8) is 0 Å². The highest BCUT2D eigenvalue weighted by Gasteiger charge is 2.14. The summed E-state index contributed by atoms with van der Waals surface area (Å²) in [6.07, 6.45) is 3.30. The summed E-state index contributed by atoms with van der Waals surface area (Å²) in [5, 5.41) is 4.03. The lowest BCUT2D eigenvalue weighted by molar-refractivity contribution is 0.0728. The smallest absolute Gasteiger partial charge is 0.343 e. The molecule has 0 saturated carbocycles. The molecule has 0 aliphatic heterocycles. The third kappa shape index (κ3) is 8.38. The van der Waals surface area contributed by atoms with E-state index in [0.717, 1.165) is 12.8 Å². The number of carbonyl (C=O) groups is 2. The number of benzene rings is 3.